The zero-order valence-electron chi connectivity index (χ0n) is 17.2. The summed E-state index contributed by atoms with van der Waals surface area (Å²) < 4.78 is 7.79. The number of thioether (sulfide) groups is 1. The van der Waals surface area contributed by atoms with Gasteiger partial charge in [-0.1, -0.05) is 30.3 Å². The van der Waals surface area contributed by atoms with E-state index in [9.17, 15) is 14.7 Å². The summed E-state index contributed by atoms with van der Waals surface area (Å²) in [4.78, 5) is 28.5. The van der Waals surface area contributed by atoms with Crippen LogP contribution in [0.4, 0.5) is 0 Å². The first-order chi connectivity index (χ1) is 15.1. The molecular formula is C23H25N3O4S. The second kappa shape index (κ2) is 11.2. The lowest BCUT2D eigenvalue weighted by Gasteiger charge is -2.17. The van der Waals surface area contributed by atoms with Crippen LogP contribution in [0, 0.1) is 0 Å². The molecule has 0 saturated heterocycles. The highest BCUT2D eigenvalue weighted by Gasteiger charge is 2.22. The van der Waals surface area contributed by atoms with Gasteiger partial charge in [0.1, 0.15) is 18.4 Å². The number of ether oxygens (including phenoxy) is 1. The van der Waals surface area contributed by atoms with Crippen LogP contribution in [0.1, 0.15) is 16.8 Å². The summed E-state index contributed by atoms with van der Waals surface area (Å²) in [7, 11) is 0. The minimum Gasteiger partial charge on any atom is -0.492 e. The van der Waals surface area contributed by atoms with Gasteiger partial charge in [-0.15, -0.1) is 0 Å². The van der Waals surface area contributed by atoms with Crippen LogP contribution in [0.2, 0.25) is 0 Å². The average Bonchev–Trinajstić information content (AvgIpc) is 3.30. The third-order valence-corrected chi connectivity index (χ3v) is 5.36. The zero-order valence-corrected chi connectivity index (χ0v) is 18.0. The van der Waals surface area contributed by atoms with Gasteiger partial charge < -0.3 is 19.7 Å². The number of benzene rings is 2. The molecule has 162 valence electrons. The first kappa shape index (κ1) is 22.4. The van der Waals surface area contributed by atoms with Gasteiger partial charge in [-0.3, -0.25) is 4.79 Å². The summed E-state index contributed by atoms with van der Waals surface area (Å²) in [6.45, 7) is 1.10. The molecule has 0 bridgehead atoms. The van der Waals surface area contributed by atoms with Crippen LogP contribution < -0.4 is 10.1 Å². The molecule has 8 heteroatoms. The number of hydrogen-bond acceptors (Lipinski definition) is 5. The molecule has 0 aliphatic heterocycles. The van der Waals surface area contributed by atoms with E-state index in [0.717, 1.165) is 5.56 Å². The van der Waals surface area contributed by atoms with Crippen LogP contribution in [0.3, 0.4) is 0 Å². The Balaban J connectivity index is 1.81. The Morgan fingerprint density at radius 3 is 2.71 bits per heavy atom. The summed E-state index contributed by atoms with van der Waals surface area (Å²) in [5.74, 6) is -0.180. The monoisotopic (exact) mass is 439 g/mol. The minimum atomic E-state index is -1.04. The Morgan fingerprint density at radius 1 is 1.23 bits per heavy atom. The van der Waals surface area contributed by atoms with Crippen LogP contribution in [0.5, 0.6) is 5.75 Å². The van der Waals surface area contributed by atoms with Crippen molar-refractivity contribution in [2.24, 2.45) is 0 Å². The fraction of sp³-hybridized carbons (Fsp3) is 0.261. The van der Waals surface area contributed by atoms with Crippen molar-refractivity contribution in [1.82, 2.24) is 14.9 Å². The van der Waals surface area contributed by atoms with Crippen molar-refractivity contribution in [3.05, 3.63) is 72.8 Å². The quantitative estimate of drug-likeness (QED) is 0.474. The van der Waals surface area contributed by atoms with Crippen LogP contribution in [0.15, 0.2) is 67.3 Å². The number of aromatic nitrogens is 2. The number of nitrogens with one attached hydrogen (secondary N) is 1. The van der Waals surface area contributed by atoms with E-state index in [1.165, 1.54) is 0 Å². The topological polar surface area (TPSA) is 93.5 Å². The lowest BCUT2D eigenvalue weighted by molar-refractivity contribution is -0.139. The molecule has 2 aromatic carbocycles. The Bertz CT molecular complexity index is 993. The summed E-state index contributed by atoms with van der Waals surface area (Å²) in [5, 5.41) is 12.1. The maximum atomic E-state index is 13.0. The number of carbonyl (C=O) groups is 2. The van der Waals surface area contributed by atoms with Gasteiger partial charge in [0.15, 0.2) is 0 Å². The molecule has 31 heavy (non-hydrogen) atoms. The predicted octanol–water partition coefficient (Wildman–Crippen LogP) is 3.57. The number of imidazole rings is 1. The Morgan fingerprint density at radius 2 is 2.03 bits per heavy atom. The van der Waals surface area contributed by atoms with Crippen molar-refractivity contribution in [2.75, 3.05) is 18.6 Å². The fourth-order valence-electron chi connectivity index (χ4n) is 3.08. The maximum absolute atomic E-state index is 13.0. The molecule has 0 fully saturated rings. The van der Waals surface area contributed by atoms with E-state index in [2.05, 4.69) is 10.3 Å². The second-order valence-corrected chi connectivity index (χ2v) is 7.85. The van der Waals surface area contributed by atoms with Crippen molar-refractivity contribution < 1.29 is 19.4 Å². The minimum absolute atomic E-state index is 0.359. The lowest BCUT2D eigenvalue weighted by atomic mass is 9.98. The molecule has 0 saturated carbocycles. The number of aliphatic carboxylic acids is 1. The van der Waals surface area contributed by atoms with Crippen LogP contribution in [-0.4, -0.2) is 51.2 Å². The number of carboxylic acid groups (broad SMARTS) is 1. The number of carboxylic acids is 1. The molecule has 1 aromatic heterocycles. The standard InChI is InChI=1S/C23H25N3O4S/c1-31-14-9-21(23(28)29)25-22(27)19-8-7-18(30-13-12-26-11-10-24-16-26)15-20(19)17-5-3-2-4-6-17/h2-8,10-11,15-16,21H,9,12-14H2,1H3,(H,25,27)(H,28,29)/t21-/m0/s1. The lowest BCUT2D eigenvalue weighted by Crippen LogP contribution is -2.41. The van der Waals surface area contributed by atoms with Gasteiger partial charge in [0, 0.05) is 18.0 Å². The molecule has 7 nitrogen and oxygen atoms in total. The zero-order chi connectivity index (χ0) is 22.1. The SMILES string of the molecule is CSCC[C@H](NC(=O)c1ccc(OCCn2ccnc2)cc1-c1ccccc1)C(=O)O. The Hall–Kier alpha value is -3.26. The molecule has 3 aromatic rings. The number of nitrogens with zero attached hydrogens (tertiary/aromatic N) is 2. The summed E-state index contributed by atoms with van der Waals surface area (Å²) in [6.07, 6.45) is 7.56. The van der Waals surface area contributed by atoms with E-state index in [4.69, 9.17) is 4.74 Å². The van der Waals surface area contributed by atoms with Crippen LogP contribution in [-0.2, 0) is 11.3 Å². The molecule has 0 unspecified atom stereocenters. The molecule has 0 spiro atoms. The predicted molar refractivity (Wildman–Crippen MR) is 121 cm³/mol. The maximum Gasteiger partial charge on any atom is 0.326 e. The van der Waals surface area contributed by atoms with Crippen LogP contribution in [0.25, 0.3) is 11.1 Å². The average molecular weight is 440 g/mol. The van der Waals surface area contributed by atoms with Gasteiger partial charge in [0.25, 0.3) is 5.91 Å². The van der Waals surface area contributed by atoms with Gasteiger partial charge in [0.05, 0.1) is 12.9 Å². The molecule has 3 rings (SSSR count). The number of carbonyl (C=O) groups excluding carboxylic acids is 1. The van der Waals surface area contributed by atoms with Crippen molar-refractivity contribution in [2.45, 2.75) is 19.0 Å². The third kappa shape index (κ3) is 6.36. The van der Waals surface area contributed by atoms with Crippen molar-refractivity contribution >= 4 is 23.6 Å². The highest BCUT2D eigenvalue weighted by atomic mass is 32.2. The number of rotatable bonds is 11. The highest BCUT2D eigenvalue weighted by molar-refractivity contribution is 7.98. The Labute approximate surface area is 185 Å². The smallest absolute Gasteiger partial charge is 0.326 e. The largest absolute Gasteiger partial charge is 0.492 e. The van der Waals surface area contributed by atoms with Gasteiger partial charge in [-0.05, 0) is 47.8 Å². The molecule has 0 aliphatic rings. The van der Waals surface area contributed by atoms with Crippen molar-refractivity contribution in [3.63, 3.8) is 0 Å². The molecule has 1 atom stereocenters. The van der Waals surface area contributed by atoms with Gasteiger partial charge in [-0.2, -0.15) is 11.8 Å². The van der Waals surface area contributed by atoms with Crippen molar-refractivity contribution in [3.8, 4) is 16.9 Å². The molecule has 0 radical (unpaired) electrons. The Kier molecular flexibility index (Phi) is 8.12. The van der Waals surface area contributed by atoms with E-state index in [-0.39, 0.29) is 0 Å². The number of amides is 1. The second-order valence-electron chi connectivity index (χ2n) is 6.87. The van der Waals surface area contributed by atoms with Gasteiger partial charge >= 0.3 is 5.97 Å². The van der Waals surface area contributed by atoms with E-state index < -0.39 is 17.9 Å². The molecule has 2 N–H and O–H groups in total. The fourth-order valence-corrected chi connectivity index (χ4v) is 3.56. The van der Waals surface area contributed by atoms with E-state index in [1.54, 1.807) is 36.4 Å². The molecular weight excluding hydrogens is 414 g/mol. The summed E-state index contributed by atoms with van der Waals surface area (Å²) in [6, 6.07) is 13.8. The highest BCUT2D eigenvalue weighted by Crippen LogP contribution is 2.28. The first-order valence-corrected chi connectivity index (χ1v) is 11.3. The molecule has 1 amide bonds. The van der Waals surface area contributed by atoms with E-state index >= 15 is 0 Å². The van der Waals surface area contributed by atoms with Crippen LogP contribution >= 0.6 is 11.8 Å². The normalized spacial score (nSPS) is 11.6. The van der Waals surface area contributed by atoms with E-state index in [1.807, 2.05) is 53.4 Å². The summed E-state index contributed by atoms with van der Waals surface area (Å²) >= 11 is 1.54. The van der Waals surface area contributed by atoms with E-state index in [0.29, 0.717) is 42.2 Å². The van der Waals surface area contributed by atoms with Gasteiger partial charge in [-0.25, -0.2) is 9.78 Å². The molecule has 1 heterocycles. The van der Waals surface area contributed by atoms with Gasteiger partial charge in [0.2, 0.25) is 0 Å². The third-order valence-electron chi connectivity index (χ3n) is 4.71. The first-order valence-electron chi connectivity index (χ1n) is 9.89. The summed E-state index contributed by atoms with van der Waals surface area (Å²) in [5.41, 5.74) is 1.94. The van der Waals surface area contributed by atoms with Crippen molar-refractivity contribution in [1.29, 1.82) is 0 Å². The molecule has 0 aliphatic carbocycles. The number of hydrogen-bond donors (Lipinski definition) is 2.